The van der Waals surface area contributed by atoms with Gasteiger partial charge in [-0.25, -0.2) is 8.42 Å². The Bertz CT molecular complexity index is 898. The highest BCUT2D eigenvalue weighted by molar-refractivity contribution is 7.92. The van der Waals surface area contributed by atoms with Crippen molar-refractivity contribution < 1.29 is 17.9 Å². The summed E-state index contributed by atoms with van der Waals surface area (Å²) in [6.07, 6.45) is 0. The Morgan fingerprint density at radius 3 is 2.37 bits per heavy atom. The molecule has 0 aliphatic heterocycles. The van der Waals surface area contributed by atoms with E-state index in [0.717, 1.165) is 15.4 Å². The molecule has 0 unspecified atom stereocenters. The highest BCUT2D eigenvalue weighted by atomic mass is 35.5. The van der Waals surface area contributed by atoms with Crippen molar-refractivity contribution in [2.24, 2.45) is 0 Å². The zero-order valence-corrected chi connectivity index (χ0v) is 17.1. The number of rotatable bonds is 8. The third-order valence-corrected chi connectivity index (χ3v) is 6.14. The summed E-state index contributed by atoms with van der Waals surface area (Å²) >= 11 is 5.87. The standard InChI is InChI=1S/C19H23ClN2O4S/c1-14-4-7-17(12-15(14)2)22(13-19(23)21-10-11-26-3)27(24,25)18-8-5-16(20)6-9-18/h4-9,12H,10-11,13H2,1-3H3,(H,21,23). The molecule has 0 atom stereocenters. The maximum atomic E-state index is 13.2. The number of benzene rings is 2. The van der Waals surface area contributed by atoms with Gasteiger partial charge in [-0.3, -0.25) is 9.10 Å². The van der Waals surface area contributed by atoms with Crippen LogP contribution in [0.3, 0.4) is 0 Å². The number of halogens is 1. The quantitative estimate of drug-likeness (QED) is 0.679. The van der Waals surface area contributed by atoms with Crippen LogP contribution in [-0.2, 0) is 19.6 Å². The van der Waals surface area contributed by atoms with Gasteiger partial charge in [0.15, 0.2) is 0 Å². The van der Waals surface area contributed by atoms with Crippen LogP contribution < -0.4 is 9.62 Å². The summed E-state index contributed by atoms with van der Waals surface area (Å²) in [5, 5.41) is 3.09. The molecule has 0 aromatic heterocycles. The molecule has 8 heteroatoms. The van der Waals surface area contributed by atoms with Crippen molar-refractivity contribution in [1.82, 2.24) is 5.32 Å². The second-order valence-electron chi connectivity index (χ2n) is 6.08. The molecule has 0 saturated heterocycles. The number of aryl methyl sites for hydroxylation is 2. The third kappa shape index (κ3) is 5.45. The van der Waals surface area contributed by atoms with Gasteiger partial charge in [-0.15, -0.1) is 0 Å². The van der Waals surface area contributed by atoms with Gasteiger partial charge < -0.3 is 10.1 Å². The van der Waals surface area contributed by atoms with Crippen molar-refractivity contribution in [1.29, 1.82) is 0 Å². The van der Waals surface area contributed by atoms with Gasteiger partial charge in [0, 0.05) is 18.7 Å². The van der Waals surface area contributed by atoms with Gasteiger partial charge in [-0.1, -0.05) is 17.7 Å². The largest absolute Gasteiger partial charge is 0.383 e. The van der Waals surface area contributed by atoms with E-state index in [2.05, 4.69) is 5.32 Å². The Kier molecular flexibility index (Phi) is 7.24. The average molecular weight is 411 g/mol. The number of methoxy groups -OCH3 is 1. The van der Waals surface area contributed by atoms with Gasteiger partial charge in [0.25, 0.3) is 10.0 Å². The van der Waals surface area contributed by atoms with Gasteiger partial charge in [0.05, 0.1) is 17.2 Å². The molecule has 6 nitrogen and oxygen atoms in total. The van der Waals surface area contributed by atoms with Crippen molar-refractivity contribution in [3.8, 4) is 0 Å². The molecule has 2 aromatic carbocycles. The van der Waals surface area contributed by atoms with E-state index in [1.807, 2.05) is 19.9 Å². The second-order valence-corrected chi connectivity index (χ2v) is 8.38. The Labute approximate surface area is 165 Å². The molecule has 1 amide bonds. The number of hydrogen-bond acceptors (Lipinski definition) is 4. The van der Waals surface area contributed by atoms with E-state index in [-0.39, 0.29) is 11.4 Å². The summed E-state index contributed by atoms with van der Waals surface area (Å²) in [6.45, 7) is 4.15. The van der Waals surface area contributed by atoms with Crippen molar-refractivity contribution >= 4 is 33.2 Å². The summed E-state index contributed by atoms with van der Waals surface area (Å²) in [4.78, 5) is 12.4. The predicted molar refractivity (Wildman–Crippen MR) is 107 cm³/mol. The van der Waals surface area contributed by atoms with E-state index in [0.29, 0.717) is 23.9 Å². The lowest BCUT2D eigenvalue weighted by molar-refractivity contribution is -0.119. The SMILES string of the molecule is COCCNC(=O)CN(c1ccc(C)c(C)c1)S(=O)(=O)c1ccc(Cl)cc1. The molecule has 0 spiro atoms. The van der Waals surface area contributed by atoms with Crippen molar-refractivity contribution in [3.63, 3.8) is 0 Å². The van der Waals surface area contributed by atoms with E-state index in [1.54, 1.807) is 12.1 Å². The average Bonchev–Trinajstić information content (AvgIpc) is 2.62. The highest BCUT2D eigenvalue weighted by Gasteiger charge is 2.27. The van der Waals surface area contributed by atoms with Gasteiger partial charge >= 0.3 is 0 Å². The number of nitrogens with zero attached hydrogens (tertiary/aromatic N) is 1. The lowest BCUT2D eigenvalue weighted by Crippen LogP contribution is -2.41. The van der Waals surface area contributed by atoms with Crippen LogP contribution in [0, 0.1) is 13.8 Å². The maximum Gasteiger partial charge on any atom is 0.264 e. The lowest BCUT2D eigenvalue weighted by Gasteiger charge is -2.25. The molecule has 0 saturated carbocycles. The fourth-order valence-electron chi connectivity index (χ4n) is 2.41. The summed E-state index contributed by atoms with van der Waals surface area (Å²) in [5.74, 6) is -0.414. The highest BCUT2D eigenvalue weighted by Crippen LogP contribution is 2.26. The third-order valence-electron chi connectivity index (χ3n) is 4.10. The number of sulfonamides is 1. The van der Waals surface area contributed by atoms with Gasteiger partial charge in [0.1, 0.15) is 6.54 Å². The molecule has 0 heterocycles. The zero-order chi connectivity index (χ0) is 20.0. The number of anilines is 1. The maximum absolute atomic E-state index is 13.2. The number of hydrogen-bond donors (Lipinski definition) is 1. The number of nitrogens with one attached hydrogen (secondary N) is 1. The van der Waals surface area contributed by atoms with Crippen molar-refractivity contribution in [2.75, 3.05) is 31.1 Å². The van der Waals surface area contributed by atoms with Crippen molar-refractivity contribution in [2.45, 2.75) is 18.7 Å². The molecule has 0 fully saturated rings. The fourth-order valence-corrected chi connectivity index (χ4v) is 3.95. The molecule has 0 aliphatic carbocycles. The molecule has 2 aromatic rings. The summed E-state index contributed by atoms with van der Waals surface area (Å²) in [6, 6.07) is 11.1. The summed E-state index contributed by atoms with van der Waals surface area (Å²) in [7, 11) is -2.42. The second kappa shape index (κ2) is 9.21. The summed E-state index contributed by atoms with van der Waals surface area (Å²) in [5.41, 5.74) is 2.39. The first kappa shape index (κ1) is 21.2. The number of carbonyl (C=O) groups is 1. The van der Waals surface area contributed by atoms with Crippen LogP contribution in [0.5, 0.6) is 0 Å². The topological polar surface area (TPSA) is 75.7 Å². The molecular weight excluding hydrogens is 388 g/mol. The first-order chi connectivity index (χ1) is 12.8. The van der Waals surface area contributed by atoms with Crippen LogP contribution in [0.2, 0.25) is 5.02 Å². The van der Waals surface area contributed by atoms with E-state index < -0.39 is 15.9 Å². The number of carbonyl (C=O) groups excluding carboxylic acids is 1. The van der Waals surface area contributed by atoms with E-state index in [9.17, 15) is 13.2 Å². The molecule has 0 aliphatic rings. The lowest BCUT2D eigenvalue weighted by atomic mass is 10.1. The molecule has 27 heavy (non-hydrogen) atoms. The van der Waals surface area contributed by atoms with Crippen LogP contribution in [0.15, 0.2) is 47.4 Å². The Morgan fingerprint density at radius 2 is 1.78 bits per heavy atom. The Morgan fingerprint density at radius 1 is 1.11 bits per heavy atom. The normalized spacial score (nSPS) is 11.3. The van der Waals surface area contributed by atoms with E-state index in [1.165, 1.54) is 31.4 Å². The monoisotopic (exact) mass is 410 g/mol. The Balaban J connectivity index is 2.40. The van der Waals surface area contributed by atoms with Crippen LogP contribution in [0.1, 0.15) is 11.1 Å². The fraction of sp³-hybridized carbons (Fsp3) is 0.316. The predicted octanol–water partition coefficient (Wildman–Crippen LogP) is 2.91. The smallest absolute Gasteiger partial charge is 0.264 e. The van der Waals surface area contributed by atoms with Crippen LogP contribution in [0.4, 0.5) is 5.69 Å². The van der Waals surface area contributed by atoms with Gasteiger partial charge in [0.2, 0.25) is 5.91 Å². The minimum atomic E-state index is -3.94. The first-order valence-electron chi connectivity index (χ1n) is 8.37. The molecule has 0 radical (unpaired) electrons. The minimum Gasteiger partial charge on any atom is -0.383 e. The Hall–Kier alpha value is -2.09. The zero-order valence-electron chi connectivity index (χ0n) is 15.5. The minimum absolute atomic E-state index is 0.0646. The van der Waals surface area contributed by atoms with E-state index in [4.69, 9.17) is 16.3 Å². The molecule has 2 rings (SSSR count). The van der Waals surface area contributed by atoms with Crippen LogP contribution in [0.25, 0.3) is 0 Å². The molecular formula is C19H23ClN2O4S. The number of ether oxygens (including phenoxy) is 1. The van der Waals surface area contributed by atoms with Crippen LogP contribution in [-0.4, -0.2) is 41.1 Å². The van der Waals surface area contributed by atoms with Crippen LogP contribution >= 0.6 is 11.6 Å². The summed E-state index contributed by atoms with van der Waals surface area (Å²) < 4.78 is 32.4. The first-order valence-corrected chi connectivity index (χ1v) is 10.2. The molecule has 0 bridgehead atoms. The van der Waals surface area contributed by atoms with Crippen molar-refractivity contribution in [3.05, 3.63) is 58.6 Å². The number of amides is 1. The van der Waals surface area contributed by atoms with Gasteiger partial charge in [-0.2, -0.15) is 0 Å². The molecule has 1 N–H and O–H groups in total. The van der Waals surface area contributed by atoms with E-state index >= 15 is 0 Å². The van der Waals surface area contributed by atoms with Gasteiger partial charge in [-0.05, 0) is 61.4 Å². The molecule has 146 valence electrons.